The van der Waals surface area contributed by atoms with E-state index in [-0.39, 0.29) is 18.0 Å². The summed E-state index contributed by atoms with van der Waals surface area (Å²) in [6.07, 6.45) is 0.935. The van der Waals surface area contributed by atoms with E-state index in [9.17, 15) is 9.59 Å². The van der Waals surface area contributed by atoms with Gasteiger partial charge in [0.1, 0.15) is 11.1 Å². The summed E-state index contributed by atoms with van der Waals surface area (Å²) in [5.74, 6) is -0.397. The maximum absolute atomic E-state index is 13.4. The van der Waals surface area contributed by atoms with Crippen LogP contribution in [-0.4, -0.2) is 43.0 Å². The average Bonchev–Trinajstić information content (AvgIpc) is 3.15. The standard InChI is InChI=1S/C23H23N3O3S.ClH/c1-4-15-9-10-18-20(13-15)30-23(24-18)26(12-11-25(2)3)21(27)17-14-16-7-5-6-8-19(16)29-22(17)28;/h5-10,13-14H,4,11-12H2,1-3H3;1H. The van der Waals surface area contributed by atoms with Crippen LogP contribution in [-0.2, 0) is 6.42 Å². The lowest BCUT2D eigenvalue weighted by Gasteiger charge is -2.21. The van der Waals surface area contributed by atoms with Gasteiger partial charge in [0.15, 0.2) is 5.13 Å². The van der Waals surface area contributed by atoms with Gasteiger partial charge in [-0.05, 0) is 50.3 Å². The van der Waals surface area contributed by atoms with E-state index in [1.165, 1.54) is 16.9 Å². The first-order chi connectivity index (χ1) is 14.5. The number of carbonyl (C=O) groups is 1. The summed E-state index contributed by atoms with van der Waals surface area (Å²) < 4.78 is 6.41. The highest BCUT2D eigenvalue weighted by atomic mass is 35.5. The number of thiazole rings is 1. The Labute approximate surface area is 190 Å². The lowest BCUT2D eigenvalue weighted by atomic mass is 10.1. The van der Waals surface area contributed by atoms with Crippen molar-refractivity contribution in [2.75, 3.05) is 32.1 Å². The van der Waals surface area contributed by atoms with Gasteiger partial charge >= 0.3 is 5.63 Å². The van der Waals surface area contributed by atoms with Gasteiger partial charge in [-0.2, -0.15) is 0 Å². The molecular weight excluding hydrogens is 434 g/mol. The lowest BCUT2D eigenvalue weighted by Crippen LogP contribution is -2.38. The molecule has 2 heterocycles. The van der Waals surface area contributed by atoms with Crippen LogP contribution < -0.4 is 10.5 Å². The van der Waals surface area contributed by atoms with Crippen LogP contribution in [0.25, 0.3) is 21.2 Å². The van der Waals surface area contributed by atoms with Gasteiger partial charge in [-0.15, -0.1) is 12.4 Å². The van der Waals surface area contributed by atoms with Crippen molar-refractivity contribution in [3.63, 3.8) is 0 Å². The Balaban J connectivity index is 0.00000272. The number of carbonyl (C=O) groups excluding carboxylic acids is 1. The molecule has 0 atom stereocenters. The Kier molecular flexibility index (Phi) is 7.10. The highest BCUT2D eigenvalue weighted by Gasteiger charge is 2.25. The van der Waals surface area contributed by atoms with Crippen LogP contribution in [0.15, 0.2) is 57.7 Å². The molecule has 0 radical (unpaired) electrons. The predicted octanol–water partition coefficient (Wildman–Crippen LogP) is 4.60. The van der Waals surface area contributed by atoms with Gasteiger partial charge in [-0.25, -0.2) is 9.78 Å². The molecule has 0 aliphatic heterocycles. The molecule has 0 aliphatic rings. The molecule has 4 aromatic rings. The van der Waals surface area contributed by atoms with Crippen LogP contribution in [0.4, 0.5) is 5.13 Å². The number of likely N-dealkylation sites (N-methyl/N-ethyl adjacent to an activating group) is 1. The van der Waals surface area contributed by atoms with Crippen LogP contribution in [0, 0.1) is 0 Å². The quantitative estimate of drug-likeness (QED) is 0.396. The van der Waals surface area contributed by atoms with E-state index in [0.717, 1.165) is 16.6 Å². The number of halogens is 1. The summed E-state index contributed by atoms with van der Waals surface area (Å²) >= 11 is 1.46. The molecule has 2 aromatic heterocycles. The first-order valence-corrected chi connectivity index (χ1v) is 10.7. The number of amides is 1. The normalized spacial score (nSPS) is 11.1. The average molecular weight is 458 g/mol. The van der Waals surface area contributed by atoms with Crippen LogP contribution >= 0.6 is 23.7 Å². The fourth-order valence-corrected chi connectivity index (χ4v) is 4.29. The van der Waals surface area contributed by atoms with E-state index < -0.39 is 11.5 Å². The molecule has 162 valence electrons. The summed E-state index contributed by atoms with van der Waals surface area (Å²) in [5, 5.41) is 1.29. The number of aromatic nitrogens is 1. The fourth-order valence-electron chi connectivity index (χ4n) is 3.23. The van der Waals surface area contributed by atoms with E-state index in [2.05, 4.69) is 24.0 Å². The molecule has 0 unspecified atom stereocenters. The van der Waals surface area contributed by atoms with Crippen molar-refractivity contribution in [1.29, 1.82) is 0 Å². The minimum atomic E-state index is -0.636. The van der Waals surface area contributed by atoms with Gasteiger partial charge in [0, 0.05) is 18.5 Å². The number of rotatable bonds is 6. The molecule has 0 saturated carbocycles. The lowest BCUT2D eigenvalue weighted by molar-refractivity contribution is 0.0982. The second-order valence-corrected chi connectivity index (χ2v) is 8.41. The van der Waals surface area contributed by atoms with Crippen molar-refractivity contribution in [3.05, 3.63) is 70.1 Å². The Morgan fingerprint density at radius 3 is 2.61 bits per heavy atom. The Bertz CT molecular complexity index is 1280. The summed E-state index contributed by atoms with van der Waals surface area (Å²) in [4.78, 5) is 34.2. The first-order valence-electron chi connectivity index (χ1n) is 9.85. The van der Waals surface area contributed by atoms with E-state index in [1.54, 1.807) is 23.1 Å². The number of nitrogens with zero attached hydrogens (tertiary/aromatic N) is 3. The second kappa shape index (κ2) is 9.60. The molecule has 0 saturated heterocycles. The molecular formula is C23H24ClN3O3S. The Morgan fingerprint density at radius 1 is 1.10 bits per heavy atom. The van der Waals surface area contributed by atoms with Gasteiger partial charge in [0.25, 0.3) is 5.91 Å². The minimum absolute atomic E-state index is 0. The number of para-hydroxylation sites is 1. The van der Waals surface area contributed by atoms with Crippen LogP contribution in [0.1, 0.15) is 22.8 Å². The number of aryl methyl sites for hydroxylation is 1. The summed E-state index contributed by atoms with van der Waals surface area (Å²) in [6, 6.07) is 14.9. The zero-order chi connectivity index (χ0) is 21.3. The SMILES string of the molecule is CCc1ccc2nc(N(CCN(C)C)C(=O)c3cc4ccccc4oc3=O)sc2c1.Cl. The topological polar surface area (TPSA) is 66.7 Å². The van der Waals surface area contributed by atoms with Gasteiger partial charge in [0.05, 0.1) is 10.2 Å². The van der Waals surface area contributed by atoms with Crippen LogP contribution in [0.5, 0.6) is 0 Å². The maximum atomic E-state index is 13.4. The molecule has 0 fully saturated rings. The highest BCUT2D eigenvalue weighted by molar-refractivity contribution is 7.22. The molecule has 0 aliphatic carbocycles. The molecule has 0 N–H and O–H groups in total. The van der Waals surface area contributed by atoms with Crippen LogP contribution in [0.2, 0.25) is 0 Å². The van der Waals surface area contributed by atoms with E-state index in [0.29, 0.717) is 29.2 Å². The molecule has 31 heavy (non-hydrogen) atoms. The van der Waals surface area contributed by atoms with Crippen molar-refractivity contribution in [1.82, 2.24) is 9.88 Å². The van der Waals surface area contributed by atoms with Gasteiger partial charge < -0.3 is 9.32 Å². The van der Waals surface area contributed by atoms with Crippen molar-refractivity contribution >= 4 is 56.0 Å². The van der Waals surface area contributed by atoms with Crippen molar-refractivity contribution in [2.45, 2.75) is 13.3 Å². The molecule has 6 nitrogen and oxygen atoms in total. The number of benzene rings is 2. The third-order valence-electron chi connectivity index (χ3n) is 4.97. The molecule has 0 spiro atoms. The number of fused-ring (bicyclic) bond motifs is 2. The van der Waals surface area contributed by atoms with Crippen LogP contribution in [0.3, 0.4) is 0 Å². The molecule has 2 aromatic carbocycles. The number of anilines is 1. The zero-order valence-corrected chi connectivity index (χ0v) is 19.3. The number of hydrogen-bond acceptors (Lipinski definition) is 6. The molecule has 0 bridgehead atoms. The molecule has 4 rings (SSSR count). The minimum Gasteiger partial charge on any atom is -0.422 e. The largest absolute Gasteiger partial charge is 0.422 e. The summed E-state index contributed by atoms with van der Waals surface area (Å²) in [6.45, 7) is 3.16. The third kappa shape index (κ3) is 4.79. The van der Waals surface area contributed by atoms with Gasteiger partial charge in [0.2, 0.25) is 0 Å². The maximum Gasteiger partial charge on any atom is 0.349 e. The van der Waals surface area contributed by atoms with Crippen molar-refractivity contribution < 1.29 is 9.21 Å². The van der Waals surface area contributed by atoms with E-state index in [4.69, 9.17) is 4.42 Å². The van der Waals surface area contributed by atoms with Gasteiger partial charge in [-0.3, -0.25) is 9.69 Å². The summed E-state index contributed by atoms with van der Waals surface area (Å²) in [5.41, 5.74) is 1.91. The Hall–Kier alpha value is -2.74. The van der Waals surface area contributed by atoms with Crippen molar-refractivity contribution in [3.8, 4) is 0 Å². The monoisotopic (exact) mass is 457 g/mol. The van der Waals surface area contributed by atoms with E-state index >= 15 is 0 Å². The predicted molar refractivity (Wildman–Crippen MR) is 129 cm³/mol. The third-order valence-corrected chi connectivity index (χ3v) is 6.01. The van der Waals surface area contributed by atoms with Crippen molar-refractivity contribution in [2.24, 2.45) is 0 Å². The summed E-state index contributed by atoms with van der Waals surface area (Å²) in [7, 11) is 3.89. The zero-order valence-electron chi connectivity index (χ0n) is 17.6. The fraction of sp³-hybridized carbons (Fsp3) is 0.261. The van der Waals surface area contributed by atoms with E-state index in [1.807, 2.05) is 37.2 Å². The second-order valence-electron chi connectivity index (χ2n) is 7.40. The smallest absolute Gasteiger partial charge is 0.349 e. The first kappa shape index (κ1) is 22.9. The number of hydrogen-bond donors (Lipinski definition) is 0. The molecule has 1 amide bonds. The van der Waals surface area contributed by atoms with Gasteiger partial charge in [-0.1, -0.05) is 42.5 Å². The highest BCUT2D eigenvalue weighted by Crippen LogP contribution is 2.30. The Morgan fingerprint density at radius 2 is 1.87 bits per heavy atom. The molecule has 8 heteroatoms.